The van der Waals surface area contributed by atoms with Crippen molar-refractivity contribution in [2.75, 3.05) is 6.61 Å². The Labute approximate surface area is 177 Å². The lowest BCUT2D eigenvalue weighted by molar-refractivity contribution is -0.136. The van der Waals surface area contributed by atoms with Crippen LogP contribution in [0.1, 0.15) is 28.1 Å². The number of nitrogens with zero attached hydrogens (tertiary/aromatic N) is 1. The number of aryl methyl sites for hydroxylation is 3. The van der Waals surface area contributed by atoms with Crippen LogP contribution in [0, 0.1) is 13.8 Å². The van der Waals surface area contributed by atoms with Crippen molar-refractivity contribution < 1.29 is 14.6 Å². The summed E-state index contributed by atoms with van der Waals surface area (Å²) in [6.07, 6.45) is 1.43. The number of carboxylic acid groups (broad SMARTS) is 1. The van der Waals surface area contributed by atoms with Gasteiger partial charge >= 0.3 is 5.97 Å². The van der Waals surface area contributed by atoms with Crippen LogP contribution in [0.3, 0.4) is 0 Å². The third kappa shape index (κ3) is 5.42. The van der Waals surface area contributed by atoms with E-state index in [1.807, 2.05) is 37.3 Å². The highest BCUT2D eigenvalue weighted by Crippen LogP contribution is 2.29. The number of thiazole rings is 1. The van der Waals surface area contributed by atoms with Crippen LogP contribution in [-0.4, -0.2) is 22.7 Å². The number of halogens is 1. The maximum absolute atomic E-state index is 10.7. The molecular weight excluding hydrogens is 438 g/mol. The summed E-state index contributed by atoms with van der Waals surface area (Å²) in [4.78, 5) is 16.7. The fourth-order valence-electron chi connectivity index (χ4n) is 2.92. The molecule has 0 saturated heterocycles. The first-order chi connectivity index (χ1) is 13.4. The molecule has 0 unspecified atom stereocenters. The molecule has 2 aromatic carbocycles. The third-order valence-corrected chi connectivity index (χ3v) is 6.10. The van der Waals surface area contributed by atoms with Crippen molar-refractivity contribution >= 4 is 33.2 Å². The molecular formula is C22H22BrNO3S. The largest absolute Gasteiger partial charge is 0.493 e. The Balaban J connectivity index is 1.58. The average molecular weight is 460 g/mol. The van der Waals surface area contributed by atoms with Gasteiger partial charge in [0.1, 0.15) is 10.8 Å². The number of rotatable bonds is 8. The summed E-state index contributed by atoms with van der Waals surface area (Å²) in [5, 5.41) is 9.85. The highest BCUT2D eigenvalue weighted by atomic mass is 79.9. The topological polar surface area (TPSA) is 59.4 Å². The molecule has 0 aliphatic carbocycles. The molecule has 0 bridgehead atoms. The Bertz CT molecular complexity index is 966. The van der Waals surface area contributed by atoms with Crippen LogP contribution in [0.25, 0.3) is 10.6 Å². The van der Waals surface area contributed by atoms with E-state index >= 15 is 0 Å². The van der Waals surface area contributed by atoms with Crippen molar-refractivity contribution in [3.63, 3.8) is 0 Å². The maximum Gasteiger partial charge on any atom is 0.303 e. The SMILES string of the molecule is Cc1cc(OCCc2nc(-c3ccc(Br)cc3)sc2C)ccc1CCC(=O)O. The van der Waals surface area contributed by atoms with Crippen LogP contribution in [0.4, 0.5) is 0 Å². The van der Waals surface area contributed by atoms with E-state index in [1.165, 1.54) is 4.88 Å². The van der Waals surface area contributed by atoms with E-state index < -0.39 is 5.97 Å². The number of ether oxygens (including phenoxy) is 1. The van der Waals surface area contributed by atoms with Gasteiger partial charge in [-0.2, -0.15) is 0 Å². The minimum atomic E-state index is -0.777. The first-order valence-corrected chi connectivity index (χ1v) is 10.7. The number of aliphatic carboxylic acids is 1. The van der Waals surface area contributed by atoms with Gasteiger partial charge in [-0.15, -0.1) is 11.3 Å². The van der Waals surface area contributed by atoms with Crippen molar-refractivity contribution in [1.29, 1.82) is 0 Å². The van der Waals surface area contributed by atoms with E-state index in [0.29, 0.717) is 13.0 Å². The van der Waals surface area contributed by atoms with Crippen LogP contribution < -0.4 is 4.74 Å². The summed E-state index contributed by atoms with van der Waals surface area (Å²) in [6.45, 7) is 4.63. The van der Waals surface area contributed by atoms with E-state index in [-0.39, 0.29) is 6.42 Å². The van der Waals surface area contributed by atoms with Crippen LogP contribution >= 0.6 is 27.3 Å². The van der Waals surface area contributed by atoms with E-state index in [1.54, 1.807) is 11.3 Å². The van der Waals surface area contributed by atoms with E-state index in [9.17, 15) is 4.79 Å². The molecule has 0 radical (unpaired) electrons. The summed E-state index contributed by atoms with van der Waals surface area (Å²) in [5.74, 6) is 0.0263. The second-order valence-electron chi connectivity index (χ2n) is 6.61. The fourth-order valence-corrected chi connectivity index (χ4v) is 4.15. The van der Waals surface area contributed by atoms with Gasteiger partial charge in [0, 0.05) is 27.8 Å². The first kappa shape index (κ1) is 20.6. The van der Waals surface area contributed by atoms with E-state index in [4.69, 9.17) is 14.8 Å². The number of carboxylic acids is 1. The Morgan fingerprint density at radius 2 is 1.89 bits per heavy atom. The van der Waals surface area contributed by atoms with Crippen LogP contribution in [0.15, 0.2) is 46.9 Å². The minimum Gasteiger partial charge on any atom is -0.493 e. The summed E-state index contributed by atoms with van der Waals surface area (Å²) >= 11 is 5.16. The van der Waals surface area contributed by atoms with Crippen molar-refractivity contribution in [1.82, 2.24) is 4.98 Å². The maximum atomic E-state index is 10.7. The predicted molar refractivity (Wildman–Crippen MR) is 116 cm³/mol. The minimum absolute atomic E-state index is 0.144. The van der Waals surface area contributed by atoms with Gasteiger partial charge in [-0.3, -0.25) is 4.79 Å². The lowest BCUT2D eigenvalue weighted by atomic mass is 10.0. The first-order valence-electron chi connectivity index (χ1n) is 9.09. The molecule has 6 heteroatoms. The number of hydrogen-bond acceptors (Lipinski definition) is 4. The third-order valence-electron chi connectivity index (χ3n) is 4.51. The Morgan fingerprint density at radius 1 is 1.14 bits per heavy atom. The van der Waals surface area contributed by atoms with E-state index in [2.05, 4.69) is 35.0 Å². The van der Waals surface area contributed by atoms with Gasteiger partial charge in [-0.25, -0.2) is 4.98 Å². The summed E-state index contributed by atoms with van der Waals surface area (Å²) < 4.78 is 6.96. The molecule has 28 heavy (non-hydrogen) atoms. The summed E-state index contributed by atoms with van der Waals surface area (Å²) in [5.41, 5.74) is 4.29. The Morgan fingerprint density at radius 3 is 2.57 bits per heavy atom. The van der Waals surface area contributed by atoms with Gasteiger partial charge in [-0.1, -0.05) is 34.1 Å². The zero-order chi connectivity index (χ0) is 20.1. The summed E-state index contributed by atoms with van der Waals surface area (Å²) in [7, 11) is 0. The van der Waals surface area contributed by atoms with Gasteiger partial charge in [0.15, 0.2) is 0 Å². The normalized spacial score (nSPS) is 10.8. The molecule has 0 amide bonds. The molecule has 1 N–H and O–H groups in total. The standard InChI is InChI=1S/C22H22BrNO3S/c1-14-13-19(9-5-16(14)6-10-21(25)26)27-12-11-20-15(2)28-22(24-20)17-3-7-18(23)8-4-17/h3-5,7-9,13H,6,10-12H2,1-2H3,(H,25,26). The molecule has 1 aromatic heterocycles. The van der Waals surface area contributed by atoms with Crippen LogP contribution in [0.5, 0.6) is 5.75 Å². The average Bonchev–Trinajstić information content (AvgIpc) is 3.02. The zero-order valence-corrected chi connectivity index (χ0v) is 18.3. The Hall–Kier alpha value is -2.18. The van der Waals surface area contributed by atoms with Crippen molar-refractivity contribution in [2.45, 2.75) is 33.1 Å². The van der Waals surface area contributed by atoms with Crippen molar-refractivity contribution in [3.8, 4) is 16.3 Å². The monoisotopic (exact) mass is 459 g/mol. The molecule has 3 rings (SSSR count). The number of aromatic nitrogens is 1. The molecule has 1 heterocycles. The molecule has 0 atom stereocenters. The Kier molecular flexibility index (Phi) is 6.86. The molecule has 3 aromatic rings. The lowest BCUT2D eigenvalue weighted by Crippen LogP contribution is -2.04. The number of carbonyl (C=O) groups is 1. The zero-order valence-electron chi connectivity index (χ0n) is 15.9. The van der Waals surface area contributed by atoms with Crippen LogP contribution in [0.2, 0.25) is 0 Å². The van der Waals surface area contributed by atoms with Crippen molar-refractivity contribution in [2.24, 2.45) is 0 Å². The lowest BCUT2D eigenvalue weighted by Gasteiger charge is -2.09. The van der Waals surface area contributed by atoms with Gasteiger partial charge in [0.25, 0.3) is 0 Å². The predicted octanol–water partition coefficient (Wildman–Crippen LogP) is 5.83. The second-order valence-corrected chi connectivity index (χ2v) is 8.73. The van der Waals surface area contributed by atoms with Crippen LogP contribution in [-0.2, 0) is 17.6 Å². The van der Waals surface area contributed by atoms with Gasteiger partial charge < -0.3 is 9.84 Å². The molecule has 4 nitrogen and oxygen atoms in total. The van der Waals surface area contributed by atoms with Gasteiger partial charge in [-0.05, 0) is 55.7 Å². The van der Waals surface area contributed by atoms with Gasteiger partial charge in [0.2, 0.25) is 0 Å². The fraction of sp³-hybridized carbons (Fsp3) is 0.273. The molecule has 0 fully saturated rings. The quantitative estimate of drug-likeness (QED) is 0.460. The molecule has 146 valence electrons. The van der Waals surface area contributed by atoms with Crippen molar-refractivity contribution in [3.05, 3.63) is 68.6 Å². The summed E-state index contributed by atoms with van der Waals surface area (Å²) in [6, 6.07) is 14.0. The molecule has 0 spiro atoms. The van der Waals surface area contributed by atoms with E-state index in [0.717, 1.165) is 44.0 Å². The smallest absolute Gasteiger partial charge is 0.303 e. The second kappa shape index (κ2) is 9.34. The van der Waals surface area contributed by atoms with Gasteiger partial charge in [0.05, 0.1) is 12.3 Å². The molecule has 0 saturated carbocycles. The number of benzene rings is 2. The highest BCUT2D eigenvalue weighted by molar-refractivity contribution is 9.10. The molecule has 0 aliphatic rings. The molecule has 0 aliphatic heterocycles. The highest BCUT2D eigenvalue weighted by Gasteiger charge is 2.10. The number of hydrogen-bond donors (Lipinski definition) is 1.